The predicted molar refractivity (Wildman–Crippen MR) is 114 cm³/mol. The molecule has 0 radical (unpaired) electrons. The van der Waals surface area contributed by atoms with Crippen LogP contribution in [0, 0.1) is 0 Å². The topological polar surface area (TPSA) is 29.5 Å². The van der Waals surface area contributed by atoms with Crippen molar-refractivity contribution in [1.29, 1.82) is 0 Å². The lowest BCUT2D eigenvalue weighted by Gasteiger charge is -2.31. The molecule has 1 saturated heterocycles. The minimum Gasteiger partial charge on any atom is -0.374 e. The second kappa shape index (κ2) is 9.97. The summed E-state index contributed by atoms with van der Waals surface area (Å²) in [6.45, 7) is 5.01. The molecule has 0 aromatic heterocycles. The van der Waals surface area contributed by atoms with Crippen molar-refractivity contribution in [2.24, 2.45) is 0 Å². The van der Waals surface area contributed by atoms with E-state index in [0.29, 0.717) is 23.4 Å². The minimum atomic E-state index is 0.334. The molecule has 1 aliphatic rings. The molecule has 3 rings (SSSR count). The van der Waals surface area contributed by atoms with Gasteiger partial charge in [-0.3, -0.25) is 4.48 Å². The number of benzene rings is 2. The summed E-state index contributed by atoms with van der Waals surface area (Å²) in [6.07, 6.45) is 2.78. The smallest absolute Gasteiger partial charge is 0.318 e. The van der Waals surface area contributed by atoms with Gasteiger partial charge >= 0.3 is 5.91 Å². The lowest BCUT2D eigenvalue weighted by molar-refractivity contribution is -0.842. The summed E-state index contributed by atoms with van der Waals surface area (Å²) in [4.78, 5) is 15.3. The van der Waals surface area contributed by atoms with Gasteiger partial charge in [-0.25, -0.2) is 4.79 Å². The molecule has 0 unspecified atom stereocenters. The number of ether oxygens (including phenoxy) is 1. The zero-order valence-electron chi connectivity index (χ0n) is 17.3. The maximum atomic E-state index is 13.2. The Morgan fingerprint density at radius 3 is 2.21 bits per heavy atom. The van der Waals surface area contributed by atoms with Crippen LogP contribution in [0.15, 0.2) is 54.6 Å². The molecule has 1 aliphatic heterocycles. The van der Waals surface area contributed by atoms with Gasteiger partial charge in [0.2, 0.25) is 0 Å². The maximum absolute atomic E-state index is 13.2. The van der Waals surface area contributed by atoms with Crippen molar-refractivity contribution in [3.8, 4) is 11.1 Å². The van der Waals surface area contributed by atoms with E-state index < -0.39 is 0 Å². The Bertz CT molecular complexity index is 735. The van der Waals surface area contributed by atoms with Crippen molar-refractivity contribution in [1.82, 2.24) is 4.90 Å². The molecule has 0 aliphatic carbocycles. The summed E-state index contributed by atoms with van der Waals surface area (Å²) in [5, 5.41) is 0. The second-order valence-corrected chi connectivity index (χ2v) is 8.07. The molecule has 0 N–H and O–H groups in total. The highest BCUT2D eigenvalue weighted by molar-refractivity contribution is 5.73. The molecule has 2 aromatic rings. The number of rotatable bonds is 9. The van der Waals surface area contributed by atoms with Crippen LogP contribution in [-0.4, -0.2) is 68.8 Å². The molecule has 4 nitrogen and oxygen atoms in total. The van der Waals surface area contributed by atoms with Gasteiger partial charge in [-0.05, 0) is 30.8 Å². The monoisotopic (exact) mass is 381 g/mol. The van der Waals surface area contributed by atoms with Gasteiger partial charge in [0.25, 0.3) is 0 Å². The number of likely N-dealkylation sites (tertiary alicyclic amines) is 1. The van der Waals surface area contributed by atoms with Gasteiger partial charge in [-0.15, -0.1) is 0 Å². The third-order valence-electron chi connectivity index (χ3n) is 5.71. The van der Waals surface area contributed by atoms with E-state index in [1.54, 1.807) is 0 Å². The average Bonchev–Trinajstić information content (AvgIpc) is 3.19. The van der Waals surface area contributed by atoms with Crippen LogP contribution in [0.3, 0.4) is 0 Å². The van der Waals surface area contributed by atoms with Crippen molar-refractivity contribution in [2.45, 2.75) is 19.3 Å². The van der Waals surface area contributed by atoms with Gasteiger partial charge in [0.05, 0.1) is 32.7 Å². The van der Waals surface area contributed by atoms with Crippen LogP contribution in [0.25, 0.3) is 11.1 Å². The molecule has 1 heterocycles. The Balaban J connectivity index is 1.58. The third kappa shape index (κ3) is 5.51. The number of hydrogen-bond donors (Lipinski definition) is 0. The van der Waals surface area contributed by atoms with Gasteiger partial charge < -0.3 is 9.64 Å². The summed E-state index contributed by atoms with van der Waals surface area (Å²) in [5.74, 6) is 0.334. The molecular formula is C24H33N2O2+. The van der Waals surface area contributed by atoms with E-state index in [1.165, 1.54) is 11.1 Å². The average molecular weight is 382 g/mol. The Kier molecular flexibility index (Phi) is 7.37. The van der Waals surface area contributed by atoms with E-state index in [2.05, 4.69) is 53.4 Å². The lowest BCUT2D eigenvalue weighted by Crippen LogP contribution is -2.53. The Morgan fingerprint density at radius 2 is 1.57 bits per heavy atom. The molecule has 0 bridgehead atoms. The zero-order chi connectivity index (χ0) is 19.8. The first kappa shape index (κ1) is 20.7. The summed E-state index contributed by atoms with van der Waals surface area (Å²) < 4.78 is 6.37. The lowest BCUT2D eigenvalue weighted by atomic mass is 10.0. The molecule has 1 fully saturated rings. The van der Waals surface area contributed by atoms with Crippen molar-refractivity contribution in [3.63, 3.8) is 0 Å². The largest absolute Gasteiger partial charge is 0.374 e. The van der Waals surface area contributed by atoms with Crippen molar-refractivity contribution in [2.75, 3.05) is 53.5 Å². The van der Waals surface area contributed by atoms with E-state index in [1.807, 2.05) is 20.2 Å². The van der Waals surface area contributed by atoms with Crippen LogP contribution >= 0.6 is 0 Å². The molecule has 1 amide bonds. The van der Waals surface area contributed by atoms with E-state index in [-0.39, 0.29) is 0 Å². The summed E-state index contributed by atoms with van der Waals surface area (Å²) >= 11 is 0. The van der Waals surface area contributed by atoms with Crippen molar-refractivity contribution < 1.29 is 14.0 Å². The zero-order valence-corrected chi connectivity index (χ0v) is 17.3. The normalized spacial score (nSPS) is 15.8. The number of carbonyl (C=O) groups excluding carboxylic acids is 1. The van der Waals surface area contributed by atoms with Crippen LogP contribution in [-0.2, 0) is 16.0 Å². The molecule has 4 heteroatoms. The van der Waals surface area contributed by atoms with Crippen LogP contribution in [0.1, 0.15) is 18.4 Å². The first-order valence-corrected chi connectivity index (χ1v) is 10.4. The molecule has 28 heavy (non-hydrogen) atoms. The van der Waals surface area contributed by atoms with Crippen LogP contribution in [0.4, 0.5) is 0 Å². The van der Waals surface area contributed by atoms with E-state index in [4.69, 9.17) is 4.74 Å². The van der Waals surface area contributed by atoms with E-state index in [9.17, 15) is 4.79 Å². The van der Waals surface area contributed by atoms with Gasteiger partial charge in [0, 0.05) is 19.4 Å². The predicted octanol–water partition coefficient (Wildman–Crippen LogP) is 3.61. The highest BCUT2D eigenvalue weighted by Gasteiger charge is 2.39. The Morgan fingerprint density at radius 1 is 0.929 bits per heavy atom. The van der Waals surface area contributed by atoms with Crippen molar-refractivity contribution >= 4 is 5.91 Å². The quantitative estimate of drug-likeness (QED) is 0.491. The number of likely N-dealkylation sites (N-methyl/N-ethyl adjacent to an activating group) is 1. The fourth-order valence-corrected chi connectivity index (χ4v) is 3.91. The molecule has 0 spiro atoms. The van der Waals surface area contributed by atoms with Gasteiger partial charge in [0.1, 0.15) is 6.54 Å². The highest BCUT2D eigenvalue weighted by Crippen LogP contribution is 2.23. The standard InChI is InChI=1S/C24H33N2O2/c1-25(2)14-18-28-19-17-26(15-6-7-16-26)24(27)20-21-10-12-23(13-11-21)22-8-4-3-5-9-22/h3-5,8-13H,6-7,14-20H2,1-2H3/q+1. The van der Waals surface area contributed by atoms with Crippen LogP contribution in [0.2, 0.25) is 0 Å². The van der Waals surface area contributed by atoms with E-state index >= 15 is 0 Å². The Hall–Kier alpha value is -2.01. The number of amides is 1. The fourth-order valence-electron chi connectivity index (χ4n) is 3.91. The third-order valence-corrected chi connectivity index (χ3v) is 5.71. The first-order valence-electron chi connectivity index (χ1n) is 10.4. The SMILES string of the molecule is CN(C)CCOCC[N+]1(C(=O)Cc2ccc(-c3ccccc3)cc2)CCCC1. The minimum absolute atomic E-state index is 0.334. The number of hydrogen-bond acceptors (Lipinski definition) is 3. The van der Waals surface area contributed by atoms with Gasteiger partial charge in [-0.1, -0.05) is 54.6 Å². The molecule has 150 valence electrons. The highest BCUT2D eigenvalue weighted by atomic mass is 16.5. The molecule has 0 saturated carbocycles. The summed E-state index contributed by atoms with van der Waals surface area (Å²) in [5.41, 5.74) is 3.50. The molecular weight excluding hydrogens is 348 g/mol. The van der Waals surface area contributed by atoms with Gasteiger partial charge in [0.15, 0.2) is 0 Å². The van der Waals surface area contributed by atoms with E-state index in [0.717, 1.165) is 51.2 Å². The Labute approximate surface area is 169 Å². The molecule has 0 atom stereocenters. The maximum Gasteiger partial charge on any atom is 0.318 e. The van der Waals surface area contributed by atoms with Crippen molar-refractivity contribution in [3.05, 3.63) is 60.2 Å². The first-order chi connectivity index (χ1) is 13.6. The second-order valence-electron chi connectivity index (χ2n) is 8.07. The van der Waals surface area contributed by atoms with Crippen LogP contribution < -0.4 is 0 Å². The summed E-state index contributed by atoms with van der Waals surface area (Å²) in [7, 11) is 4.09. The molecule has 2 aromatic carbocycles. The summed E-state index contributed by atoms with van der Waals surface area (Å²) in [6, 6.07) is 18.8. The number of nitrogens with zero attached hydrogens (tertiary/aromatic N) is 2. The number of carbonyl (C=O) groups is 1. The van der Waals surface area contributed by atoms with Gasteiger partial charge in [-0.2, -0.15) is 0 Å². The fraction of sp³-hybridized carbons (Fsp3) is 0.458. The van der Waals surface area contributed by atoms with Crippen LogP contribution in [0.5, 0.6) is 0 Å². The number of quaternary nitrogens is 1.